The van der Waals surface area contributed by atoms with Gasteiger partial charge in [0.25, 0.3) is 0 Å². The highest BCUT2D eigenvalue weighted by atomic mass is 16.5. The van der Waals surface area contributed by atoms with Gasteiger partial charge in [-0.2, -0.15) is 5.26 Å². The molecule has 3 N–H and O–H groups in total. The Hall–Kier alpha value is -3.99. The third-order valence-electron chi connectivity index (χ3n) is 5.77. The van der Waals surface area contributed by atoms with E-state index in [9.17, 15) is 5.26 Å². The predicted octanol–water partition coefficient (Wildman–Crippen LogP) is 5.57. The topological polar surface area (TPSA) is 98.6 Å². The third kappa shape index (κ3) is 6.12. The highest BCUT2D eigenvalue weighted by Crippen LogP contribution is 2.31. The van der Waals surface area contributed by atoms with Crippen LogP contribution < -0.4 is 10.6 Å². The van der Waals surface area contributed by atoms with Crippen molar-refractivity contribution in [3.05, 3.63) is 83.1 Å². The number of nitrogens with zero attached hydrogens (tertiary/aromatic N) is 3. The van der Waals surface area contributed by atoms with E-state index in [4.69, 9.17) is 9.72 Å². The first-order valence-corrected chi connectivity index (χ1v) is 11.8. The molecule has 0 saturated carbocycles. The SMILES string of the molecule is CCOCCCNCc1cccc(/C=C/c2cncc(C#N)c2Nc2ccc3[nH]ccc3c2C)n1. The molecule has 4 aromatic rings. The predicted molar refractivity (Wildman–Crippen MR) is 141 cm³/mol. The van der Waals surface area contributed by atoms with Gasteiger partial charge in [0.15, 0.2) is 0 Å². The van der Waals surface area contributed by atoms with Crippen LogP contribution in [0.5, 0.6) is 0 Å². The highest BCUT2D eigenvalue weighted by molar-refractivity contribution is 5.90. The monoisotopic (exact) mass is 466 g/mol. The minimum absolute atomic E-state index is 0.485. The number of nitrogens with one attached hydrogen (secondary N) is 3. The van der Waals surface area contributed by atoms with Crippen LogP contribution in [0.4, 0.5) is 11.4 Å². The van der Waals surface area contributed by atoms with Crippen molar-refractivity contribution in [3.63, 3.8) is 0 Å². The molecule has 35 heavy (non-hydrogen) atoms. The number of ether oxygens (including phenoxy) is 1. The molecule has 0 saturated heterocycles. The number of aromatic nitrogens is 3. The second kappa shape index (κ2) is 11.9. The lowest BCUT2D eigenvalue weighted by Crippen LogP contribution is -2.17. The largest absolute Gasteiger partial charge is 0.382 e. The van der Waals surface area contributed by atoms with Crippen molar-refractivity contribution in [2.24, 2.45) is 0 Å². The van der Waals surface area contributed by atoms with E-state index < -0.39 is 0 Å². The van der Waals surface area contributed by atoms with Gasteiger partial charge in [-0.15, -0.1) is 0 Å². The van der Waals surface area contributed by atoms with E-state index in [1.165, 1.54) is 0 Å². The molecule has 0 radical (unpaired) electrons. The van der Waals surface area contributed by atoms with Crippen molar-refractivity contribution >= 4 is 34.4 Å². The summed E-state index contributed by atoms with van der Waals surface area (Å²) in [6.45, 7) is 7.18. The van der Waals surface area contributed by atoms with E-state index in [2.05, 4.69) is 39.7 Å². The number of benzene rings is 1. The molecule has 0 aliphatic heterocycles. The molecular formula is C28H30N6O. The first-order valence-electron chi connectivity index (χ1n) is 11.8. The molecule has 7 nitrogen and oxygen atoms in total. The molecule has 1 aromatic carbocycles. The fraction of sp³-hybridized carbons (Fsp3) is 0.250. The van der Waals surface area contributed by atoms with Crippen LogP contribution >= 0.6 is 0 Å². The fourth-order valence-electron chi connectivity index (χ4n) is 3.91. The summed E-state index contributed by atoms with van der Waals surface area (Å²) < 4.78 is 5.37. The Kier molecular flexibility index (Phi) is 8.23. The summed E-state index contributed by atoms with van der Waals surface area (Å²) in [5.74, 6) is 0. The maximum absolute atomic E-state index is 9.71. The summed E-state index contributed by atoms with van der Waals surface area (Å²) in [6.07, 6.45) is 10.1. The minimum Gasteiger partial charge on any atom is -0.382 e. The molecular weight excluding hydrogens is 436 g/mol. The molecule has 0 unspecified atom stereocenters. The van der Waals surface area contributed by atoms with Crippen LogP contribution in [0.3, 0.4) is 0 Å². The van der Waals surface area contributed by atoms with Crippen molar-refractivity contribution < 1.29 is 4.74 Å². The van der Waals surface area contributed by atoms with Gasteiger partial charge >= 0.3 is 0 Å². The lowest BCUT2D eigenvalue weighted by atomic mass is 10.1. The Balaban J connectivity index is 1.51. The molecule has 0 atom stereocenters. The van der Waals surface area contributed by atoms with Crippen LogP contribution in [0.25, 0.3) is 23.1 Å². The zero-order chi connectivity index (χ0) is 24.5. The molecule has 0 amide bonds. The molecule has 0 aliphatic carbocycles. The van der Waals surface area contributed by atoms with Crippen LogP contribution in [0.15, 0.2) is 55.0 Å². The quantitative estimate of drug-likeness (QED) is 0.250. The molecule has 0 aliphatic rings. The maximum Gasteiger partial charge on any atom is 0.103 e. The van der Waals surface area contributed by atoms with Gasteiger partial charge in [-0.05, 0) is 74.9 Å². The van der Waals surface area contributed by atoms with E-state index >= 15 is 0 Å². The van der Waals surface area contributed by atoms with Gasteiger partial charge in [0, 0.05) is 60.5 Å². The van der Waals surface area contributed by atoms with E-state index in [-0.39, 0.29) is 0 Å². The number of hydrogen-bond donors (Lipinski definition) is 3. The lowest BCUT2D eigenvalue weighted by Gasteiger charge is -2.14. The Labute approximate surface area is 205 Å². The normalized spacial score (nSPS) is 11.2. The van der Waals surface area contributed by atoms with Crippen molar-refractivity contribution in [3.8, 4) is 6.07 Å². The number of H-pyrrole nitrogens is 1. The summed E-state index contributed by atoms with van der Waals surface area (Å²) in [6, 6.07) is 14.4. The van der Waals surface area contributed by atoms with E-state index in [0.29, 0.717) is 12.1 Å². The summed E-state index contributed by atoms with van der Waals surface area (Å²) >= 11 is 0. The van der Waals surface area contributed by atoms with Crippen LogP contribution in [0.1, 0.15) is 41.4 Å². The Morgan fingerprint density at radius 1 is 1.14 bits per heavy atom. The van der Waals surface area contributed by atoms with Gasteiger partial charge in [-0.25, -0.2) is 0 Å². The molecule has 3 heterocycles. The number of hydrogen-bond acceptors (Lipinski definition) is 6. The summed E-state index contributed by atoms with van der Waals surface area (Å²) in [5.41, 5.74) is 6.99. The van der Waals surface area contributed by atoms with Gasteiger partial charge in [0.05, 0.1) is 22.6 Å². The fourth-order valence-corrected chi connectivity index (χ4v) is 3.91. The average Bonchev–Trinajstić information content (AvgIpc) is 3.37. The van der Waals surface area contributed by atoms with Crippen molar-refractivity contribution in [2.75, 3.05) is 25.1 Å². The summed E-state index contributed by atoms with van der Waals surface area (Å²) in [4.78, 5) is 12.2. The Bertz CT molecular complexity index is 1350. The van der Waals surface area contributed by atoms with Gasteiger partial charge in [-0.1, -0.05) is 6.07 Å². The van der Waals surface area contributed by atoms with E-state index in [1.54, 1.807) is 12.4 Å². The van der Waals surface area contributed by atoms with Crippen molar-refractivity contribution in [1.82, 2.24) is 20.3 Å². The molecule has 0 spiro atoms. The third-order valence-corrected chi connectivity index (χ3v) is 5.77. The first kappa shape index (κ1) is 24.1. The maximum atomic E-state index is 9.71. The highest BCUT2D eigenvalue weighted by Gasteiger charge is 2.11. The van der Waals surface area contributed by atoms with E-state index in [0.717, 1.165) is 71.0 Å². The number of nitriles is 1. The molecule has 0 fully saturated rings. The Morgan fingerprint density at radius 3 is 2.91 bits per heavy atom. The number of rotatable bonds is 11. The molecule has 4 rings (SSSR count). The van der Waals surface area contributed by atoms with Crippen LogP contribution in [-0.4, -0.2) is 34.7 Å². The molecule has 7 heteroatoms. The zero-order valence-corrected chi connectivity index (χ0v) is 20.1. The number of aryl methyl sites for hydroxylation is 1. The number of anilines is 2. The molecule has 0 bridgehead atoms. The lowest BCUT2D eigenvalue weighted by molar-refractivity contribution is 0.144. The number of aromatic amines is 1. The van der Waals surface area contributed by atoms with Gasteiger partial charge in [-0.3, -0.25) is 9.97 Å². The van der Waals surface area contributed by atoms with Gasteiger partial charge in [0.1, 0.15) is 6.07 Å². The van der Waals surface area contributed by atoms with Gasteiger partial charge in [0.2, 0.25) is 0 Å². The zero-order valence-electron chi connectivity index (χ0n) is 20.1. The molecule has 3 aromatic heterocycles. The van der Waals surface area contributed by atoms with E-state index in [1.807, 2.05) is 55.6 Å². The Morgan fingerprint density at radius 2 is 2.06 bits per heavy atom. The smallest absolute Gasteiger partial charge is 0.103 e. The average molecular weight is 467 g/mol. The first-order chi connectivity index (χ1) is 17.2. The van der Waals surface area contributed by atoms with Crippen LogP contribution in [0, 0.1) is 18.3 Å². The van der Waals surface area contributed by atoms with Crippen LogP contribution in [0.2, 0.25) is 0 Å². The standard InChI is InChI=1S/C28H30N6O/c1-3-35-15-5-13-30-19-24-7-4-6-23(33-24)9-8-21-17-31-18-22(16-29)28(21)34-26-10-11-27-25(20(26)2)12-14-32-27/h4,6-12,14,17-18,30,32H,3,5,13,15,19H2,1-2H3,(H,31,34)/b9-8+. The number of fused-ring (bicyclic) bond motifs is 1. The number of pyridine rings is 2. The minimum atomic E-state index is 0.485. The van der Waals surface area contributed by atoms with Gasteiger partial charge < -0.3 is 20.4 Å². The second-order valence-corrected chi connectivity index (χ2v) is 8.18. The van der Waals surface area contributed by atoms with Crippen LogP contribution in [-0.2, 0) is 11.3 Å². The van der Waals surface area contributed by atoms with Crippen molar-refractivity contribution in [1.29, 1.82) is 5.26 Å². The summed E-state index contributed by atoms with van der Waals surface area (Å²) in [5, 5.41) is 17.7. The van der Waals surface area contributed by atoms with Crippen molar-refractivity contribution in [2.45, 2.75) is 26.8 Å². The second-order valence-electron chi connectivity index (χ2n) is 8.18. The summed E-state index contributed by atoms with van der Waals surface area (Å²) in [7, 11) is 0. The molecule has 178 valence electrons.